The second-order valence-electron chi connectivity index (χ2n) is 6.71. The molecule has 2 aromatic carbocycles. The van der Waals surface area contributed by atoms with Gasteiger partial charge in [-0.3, -0.25) is 9.59 Å². The molecule has 0 fully saturated rings. The van der Waals surface area contributed by atoms with Gasteiger partial charge in [0.2, 0.25) is 11.2 Å². The summed E-state index contributed by atoms with van der Waals surface area (Å²) in [6.45, 7) is 1.76. The molecular formula is C23H18ClNO5. The first-order valence-corrected chi connectivity index (χ1v) is 9.65. The lowest BCUT2D eigenvalue weighted by Gasteiger charge is -2.13. The molecule has 0 atom stereocenters. The predicted molar refractivity (Wildman–Crippen MR) is 114 cm³/mol. The summed E-state index contributed by atoms with van der Waals surface area (Å²) in [6, 6.07) is 15.7. The van der Waals surface area contributed by atoms with Crippen LogP contribution in [0.2, 0.25) is 5.02 Å². The van der Waals surface area contributed by atoms with Crippen molar-refractivity contribution in [2.24, 2.45) is 0 Å². The van der Waals surface area contributed by atoms with E-state index in [0.29, 0.717) is 27.3 Å². The van der Waals surface area contributed by atoms with Crippen LogP contribution in [0.5, 0.6) is 5.75 Å². The molecule has 0 saturated heterocycles. The van der Waals surface area contributed by atoms with E-state index < -0.39 is 5.91 Å². The van der Waals surface area contributed by atoms with Gasteiger partial charge < -0.3 is 18.9 Å². The molecule has 2 heterocycles. The second-order valence-corrected chi connectivity index (χ2v) is 7.12. The first kappa shape index (κ1) is 19.8. The number of rotatable bonds is 6. The maximum atomic E-state index is 13.1. The van der Waals surface area contributed by atoms with Crippen LogP contribution in [0, 0.1) is 6.92 Å². The average Bonchev–Trinajstić information content (AvgIpc) is 3.25. The quantitative estimate of drug-likeness (QED) is 0.485. The van der Waals surface area contributed by atoms with Crippen molar-refractivity contribution in [1.82, 2.24) is 5.32 Å². The van der Waals surface area contributed by atoms with Crippen LogP contribution < -0.4 is 15.5 Å². The van der Waals surface area contributed by atoms with E-state index in [0.717, 1.165) is 5.56 Å². The molecule has 0 unspecified atom stereocenters. The Morgan fingerprint density at radius 2 is 1.97 bits per heavy atom. The molecule has 1 amide bonds. The molecule has 0 aliphatic carbocycles. The Labute approximate surface area is 177 Å². The van der Waals surface area contributed by atoms with Crippen molar-refractivity contribution in [3.05, 3.63) is 87.4 Å². The van der Waals surface area contributed by atoms with E-state index in [2.05, 4.69) is 5.32 Å². The fraction of sp³-hybridized carbons (Fsp3) is 0.130. The average molecular weight is 424 g/mol. The van der Waals surface area contributed by atoms with Gasteiger partial charge in [-0.15, -0.1) is 0 Å². The maximum Gasteiger partial charge on any atom is 0.258 e. The van der Waals surface area contributed by atoms with E-state index in [-0.39, 0.29) is 30.1 Å². The van der Waals surface area contributed by atoms with Gasteiger partial charge >= 0.3 is 0 Å². The second kappa shape index (κ2) is 8.47. The van der Waals surface area contributed by atoms with Gasteiger partial charge in [-0.05, 0) is 48.9 Å². The van der Waals surface area contributed by atoms with E-state index >= 15 is 0 Å². The molecule has 2 aromatic heterocycles. The van der Waals surface area contributed by atoms with Gasteiger partial charge in [0.1, 0.15) is 11.3 Å². The Morgan fingerprint density at radius 3 is 2.73 bits per heavy atom. The number of fused-ring (bicyclic) bond motifs is 1. The summed E-state index contributed by atoms with van der Waals surface area (Å²) in [6.07, 6.45) is 1.52. The van der Waals surface area contributed by atoms with E-state index in [9.17, 15) is 9.59 Å². The number of carbonyl (C=O) groups excluding carboxylic acids is 1. The summed E-state index contributed by atoms with van der Waals surface area (Å²) in [4.78, 5) is 25.3. The molecule has 30 heavy (non-hydrogen) atoms. The lowest BCUT2D eigenvalue weighted by atomic mass is 10.1. The first-order chi connectivity index (χ1) is 14.5. The van der Waals surface area contributed by atoms with Crippen LogP contribution in [0.3, 0.4) is 0 Å². The molecule has 152 valence electrons. The highest BCUT2D eigenvalue weighted by molar-refractivity contribution is 6.33. The molecule has 6 nitrogen and oxygen atoms in total. The fourth-order valence-electron chi connectivity index (χ4n) is 3.02. The zero-order chi connectivity index (χ0) is 21.1. The molecule has 0 aliphatic rings. The molecule has 7 heteroatoms. The molecule has 0 saturated carbocycles. The topological polar surface area (TPSA) is 81.7 Å². The highest BCUT2D eigenvalue weighted by Crippen LogP contribution is 2.35. The Morgan fingerprint density at radius 1 is 1.13 bits per heavy atom. The molecule has 4 aromatic rings. The van der Waals surface area contributed by atoms with Gasteiger partial charge in [-0.25, -0.2) is 0 Å². The van der Waals surface area contributed by atoms with Gasteiger partial charge in [-0.2, -0.15) is 0 Å². The summed E-state index contributed by atoms with van der Waals surface area (Å²) >= 11 is 6.33. The van der Waals surface area contributed by atoms with Gasteiger partial charge in [0.05, 0.1) is 23.2 Å². The number of nitrogens with one attached hydrogen (secondary N) is 1. The van der Waals surface area contributed by atoms with E-state index in [4.69, 9.17) is 25.2 Å². The third-order valence-corrected chi connectivity index (χ3v) is 4.84. The van der Waals surface area contributed by atoms with Crippen molar-refractivity contribution in [2.75, 3.05) is 6.61 Å². The lowest BCUT2D eigenvalue weighted by Crippen LogP contribution is -2.29. The molecule has 4 rings (SSSR count). The third-order valence-electron chi connectivity index (χ3n) is 4.51. The number of benzene rings is 2. The van der Waals surface area contributed by atoms with Crippen LogP contribution >= 0.6 is 11.6 Å². The Hall–Kier alpha value is -3.51. The molecule has 1 N–H and O–H groups in total. The summed E-state index contributed by atoms with van der Waals surface area (Å²) in [5, 5.41) is 3.44. The van der Waals surface area contributed by atoms with Crippen LogP contribution in [-0.2, 0) is 11.3 Å². The number of ether oxygens (including phenoxy) is 1. The van der Waals surface area contributed by atoms with Crippen molar-refractivity contribution in [3.63, 3.8) is 0 Å². The minimum Gasteiger partial charge on any atom is -0.476 e. The Kier molecular flexibility index (Phi) is 5.59. The number of halogens is 1. The molecular weight excluding hydrogens is 406 g/mol. The molecule has 0 bridgehead atoms. The van der Waals surface area contributed by atoms with Gasteiger partial charge in [0.15, 0.2) is 12.4 Å². The van der Waals surface area contributed by atoms with Gasteiger partial charge in [-0.1, -0.05) is 29.8 Å². The number of furan rings is 1. The highest BCUT2D eigenvalue weighted by Gasteiger charge is 2.20. The predicted octanol–water partition coefficient (Wildman–Crippen LogP) is 4.71. The van der Waals surface area contributed by atoms with Crippen LogP contribution in [0.1, 0.15) is 11.3 Å². The fourth-order valence-corrected chi connectivity index (χ4v) is 3.25. The van der Waals surface area contributed by atoms with E-state index in [1.807, 2.05) is 13.0 Å². The minimum absolute atomic E-state index is 0.0624. The Balaban J connectivity index is 1.68. The zero-order valence-electron chi connectivity index (χ0n) is 16.1. The molecule has 0 spiro atoms. The summed E-state index contributed by atoms with van der Waals surface area (Å²) in [5.41, 5.74) is 1.50. The van der Waals surface area contributed by atoms with Crippen molar-refractivity contribution in [3.8, 4) is 17.1 Å². The number of carbonyl (C=O) groups is 1. The Bertz CT molecular complexity index is 1260. The SMILES string of the molecule is Cc1ccc2c(=O)c(OCC(=O)NCc3ccco3)c(-c3ccccc3Cl)oc2c1. The minimum atomic E-state index is -0.403. The third kappa shape index (κ3) is 4.09. The van der Waals surface area contributed by atoms with Crippen LogP contribution in [0.4, 0.5) is 0 Å². The van der Waals surface area contributed by atoms with Crippen LogP contribution in [0.15, 0.2) is 74.5 Å². The highest BCUT2D eigenvalue weighted by atomic mass is 35.5. The summed E-state index contributed by atoms with van der Waals surface area (Å²) in [5.74, 6) is 0.329. The summed E-state index contributed by atoms with van der Waals surface area (Å²) in [7, 11) is 0. The van der Waals surface area contributed by atoms with Crippen LogP contribution in [0.25, 0.3) is 22.3 Å². The smallest absolute Gasteiger partial charge is 0.258 e. The van der Waals surface area contributed by atoms with Crippen molar-refractivity contribution in [1.29, 1.82) is 0 Å². The largest absolute Gasteiger partial charge is 0.476 e. The summed E-state index contributed by atoms with van der Waals surface area (Å²) < 4.78 is 16.8. The standard InChI is InChI=1S/C23H18ClNO5/c1-14-8-9-17-19(11-14)30-22(16-6-2-3-7-18(16)24)23(21(17)27)29-13-20(26)25-12-15-5-4-10-28-15/h2-11H,12-13H2,1H3,(H,25,26). The number of amides is 1. The van der Waals surface area contributed by atoms with E-state index in [1.54, 1.807) is 48.5 Å². The maximum absolute atomic E-state index is 13.1. The molecule has 0 radical (unpaired) electrons. The normalized spacial score (nSPS) is 10.9. The molecule has 0 aliphatic heterocycles. The van der Waals surface area contributed by atoms with Crippen molar-refractivity contribution >= 4 is 28.5 Å². The number of aryl methyl sites for hydroxylation is 1. The van der Waals surface area contributed by atoms with Crippen molar-refractivity contribution in [2.45, 2.75) is 13.5 Å². The van der Waals surface area contributed by atoms with E-state index in [1.165, 1.54) is 6.26 Å². The van der Waals surface area contributed by atoms with Gasteiger partial charge in [0, 0.05) is 5.56 Å². The lowest BCUT2D eigenvalue weighted by molar-refractivity contribution is -0.123. The van der Waals surface area contributed by atoms with Gasteiger partial charge in [0.25, 0.3) is 5.91 Å². The first-order valence-electron chi connectivity index (χ1n) is 9.27. The number of hydrogen-bond donors (Lipinski definition) is 1. The van der Waals surface area contributed by atoms with Crippen LogP contribution in [-0.4, -0.2) is 12.5 Å². The van der Waals surface area contributed by atoms with Crippen molar-refractivity contribution < 1.29 is 18.4 Å². The zero-order valence-corrected chi connectivity index (χ0v) is 16.9. The number of hydrogen-bond acceptors (Lipinski definition) is 5. The monoisotopic (exact) mass is 423 g/mol.